The number of pyridine rings is 1. The summed E-state index contributed by atoms with van der Waals surface area (Å²) in [6, 6.07) is 11.3. The van der Waals surface area contributed by atoms with Gasteiger partial charge in [0.2, 0.25) is 5.91 Å². The maximum Gasteiger partial charge on any atom is 0.254 e. The minimum absolute atomic E-state index is 0.0341. The summed E-state index contributed by atoms with van der Waals surface area (Å²) in [5.41, 5.74) is 7.53. The number of nitrogens with zero attached hydrogens (tertiary/aromatic N) is 1. The third-order valence-corrected chi connectivity index (χ3v) is 5.80. The molecule has 1 aliphatic carbocycles. The van der Waals surface area contributed by atoms with Crippen LogP contribution in [0.25, 0.3) is 0 Å². The number of amides is 2. The smallest absolute Gasteiger partial charge is 0.254 e. The highest BCUT2D eigenvalue weighted by molar-refractivity contribution is 7.99. The summed E-state index contributed by atoms with van der Waals surface area (Å²) >= 11 is 1.56. The lowest BCUT2D eigenvalue weighted by Gasteiger charge is -2.23. The third-order valence-electron chi connectivity index (χ3n) is 4.80. The number of aromatic nitrogens is 1. The Morgan fingerprint density at radius 1 is 1.15 bits per heavy atom. The van der Waals surface area contributed by atoms with E-state index in [4.69, 9.17) is 5.73 Å². The number of aryl methyl sites for hydroxylation is 1. The molecule has 2 aromatic rings. The average molecular weight is 384 g/mol. The quantitative estimate of drug-likeness (QED) is 0.716. The van der Waals surface area contributed by atoms with Gasteiger partial charge >= 0.3 is 0 Å². The molecule has 1 aliphatic rings. The van der Waals surface area contributed by atoms with Gasteiger partial charge in [-0.25, -0.2) is 4.98 Å². The molecule has 0 bridgehead atoms. The molecule has 3 rings (SSSR count). The molecule has 1 saturated carbocycles. The van der Waals surface area contributed by atoms with Gasteiger partial charge in [0, 0.05) is 23.6 Å². The SMILES string of the molecule is NC(=O)c1cccc(CCSc2ncccc2C(=O)NC2CCCCC2)c1. The first-order valence-corrected chi connectivity index (χ1v) is 10.4. The normalized spacial score (nSPS) is 14.7. The molecule has 27 heavy (non-hydrogen) atoms. The maximum absolute atomic E-state index is 12.7. The van der Waals surface area contributed by atoms with Crippen LogP contribution in [-0.4, -0.2) is 28.6 Å². The van der Waals surface area contributed by atoms with Crippen LogP contribution in [0.15, 0.2) is 47.6 Å². The molecule has 1 heterocycles. The van der Waals surface area contributed by atoms with Crippen LogP contribution in [0.4, 0.5) is 0 Å². The zero-order chi connectivity index (χ0) is 19.1. The van der Waals surface area contributed by atoms with Gasteiger partial charge in [-0.15, -0.1) is 11.8 Å². The second-order valence-corrected chi connectivity index (χ2v) is 7.91. The molecule has 0 atom stereocenters. The van der Waals surface area contributed by atoms with Gasteiger partial charge in [0.05, 0.1) is 5.56 Å². The van der Waals surface area contributed by atoms with Crippen LogP contribution >= 0.6 is 11.8 Å². The zero-order valence-electron chi connectivity index (χ0n) is 15.3. The number of hydrogen-bond acceptors (Lipinski definition) is 4. The summed E-state index contributed by atoms with van der Waals surface area (Å²) in [4.78, 5) is 28.4. The highest BCUT2D eigenvalue weighted by Gasteiger charge is 2.19. The zero-order valence-corrected chi connectivity index (χ0v) is 16.1. The number of hydrogen-bond donors (Lipinski definition) is 2. The lowest BCUT2D eigenvalue weighted by Crippen LogP contribution is -2.36. The van der Waals surface area contributed by atoms with Crippen molar-refractivity contribution in [3.05, 3.63) is 59.3 Å². The molecule has 0 spiro atoms. The van der Waals surface area contributed by atoms with E-state index in [1.165, 1.54) is 19.3 Å². The van der Waals surface area contributed by atoms with E-state index >= 15 is 0 Å². The fraction of sp³-hybridized carbons (Fsp3) is 0.381. The Morgan fingerprint density at radius 3 is 2.74 bits per heavy atom. The predicted molar refractivity (Wildman–Crippen MR) is 108 cm³/mol. The molecule has 0 radical (unpaired) electrons. The summed E-state index contributed by atoms with van der Waals surface area (Å²) in [6.07, 6.45) is 8.24. The van der Waals surface area contributed by atoms with Gasteiger partial charge in [-0.3, -0.25) is 9.59 Å². The van der Waals surface area contributed by atoms with Crippen LogP contribution in [-0.2, 0) is 6.42 Å². The van der Waals surface area contributed by atoms with Crippen LogP contribution in [0.3, 0.4) is 0 Å². The molecule has 142 valence electrons. The van der Waals surface area contributed by atoms with Crippen molar-refractivity contribution in [2.24, 2.45) is 5.73 Å². The maximum atomic E-state index is 12.7. The number of thioether (sulfide) groups is 1. The van der Waals surface area contributed by atoms with E-state index in [0.29, 0.717) is 11.1 Å². The van der Waals surface area contributed by atoms with E-state index in [1.807, 2.05) is 24.3 Å². The number of nitrogens with two attached hydrogens (primary N) is 1. The number of primary amides is 1. The van der Waals surface area contributed by atoms with E-state index < -0.39 is 5.91 Å². The van der Waals surface area contributed by atoms with Crippen LogP contribution in [0.5, 0.6) is 0 Å². The Kier molecular flexibility index (Phi) is 6.87. The summed E-state index contributed by atoms with van der Waals surface area (Å²) < 4.78 is 0. The highest BCUT2D eigenvalue weighted by atomic mass is 32.2. The van der Waals surface area contributed by atoms with E-state index in [-0.39, 0.29) is 11.9 Å². The van der Waals surface area contributed by atoms with Crippen LogP contribution < -0.4 is 11.1 Å². The van der Waals surface area contributed by atoms with Crippen LogP contribution in [0.2, 0.25) is 0 Å². The van der Waals surface area contributed by atoms with E-state index in [9.17, 15) is 9.59 Å². The van der Waals surface area contributed by atoms with Crippen molar-refractivity contribution in [1.29, 1.82) is 0 Å². The Labute approximate surface area is 164 Å². The topological polar surface area (TPSA) is 85.1 Å². The fourth-order valence-electron chi connectivity index (χ4n) is 3.33. The molecular weight excluding hydrogens is 358 g/mol. The first-order valence-electron chi connectivity index (χ1n) is 9.41. The van der Waals surface area contributed by atoms with Crippen molar-refractivity contribution in [3.63, 3.8) is 0 Å². The lowest BCUT2D eigenvalue weighted by molar-refractivity contribution is 0.0923. The van der Waals surface area contributed by atoms with E-state index in [2.05, 4.69) is 10.3 Å². The molecule has 0 saturated heterocycles. The lowest BCUT2D eigenvalue weighted by atomic mass is 9.95. The molecule has 1 fully saturated rings. The van der Waals surface area contributed by atoms with Crippen molar-refractivity contribution < 1.29 is 9.59 Å². The number of benzene rings is 1. The monoisotopic (exact) mass is 383 g/mol. The standard InChI is InChI=1S/C21H25N3O2S/c22-19(25)16-7-4-6-15(14-16)11-13-27-21-18(10-5-12-23-21)20(26)24-17-8-2-1-3-9-17/h4-7,10,12,14,17H,1-3,8-9,11,13H2,(H2,22,25)(H,24,26). The van der Waals surface area contributed by atoms with Crippen molar-refractivity contribution in [3.8, 4) is 0 Å². The molecule has 1 aromatic carbocycles. The molecule has 5 nitrogen and oxygen atoms in total. The van der Waals surface area contributed by atoms with Crippen LogP contribution in [0.1, 0.15) is 58.4 Å². The fourth-order valence-corrected chi connectivity index (χ4v) is 4.32. The van der Waals surface area contributed by atoms with Crippen LogP contribution in [0, 0.1) is 0 Å². The minimum Gasteiger partial charge on any atom is -0.366 e. The van der Waals surface area contributed by atoms with Crippen molar-refractivity contribution in [2.45, 2.75) is 49.6 Å². The third kappa shape index (κ3) is 5.57. The summed E-state index contributed by atoms with van der Waals surface area (Å²) in [5.74, 6) is 0.312. The number of carbonyl (C=O) groups is 2. The van der Waals surface area contributed by atoms with E-state index in [0.717, 1.165) is 35.6 Å². The molecule has 3 N–H and O–H groups in total. The van der Waals surface area contributed by atoms with Crippen molar-refractivity contribution >= 4 is 23.6 Å². The largest absolute Gasteiger partial charge is 0.366 e. The van der Waals surface area contributed by atoms with Gasteiger partial charge in [0.1, 0.15) is 5.03 Å². The first kappa shape index (κ1) is 19.4. The van der Waals surface area contributed by atoms with Gasteiger partial charge in [0.25, 0.3) is 5.91 Å². The molecular formula is C21H25N3O2S. The predicted octanol–water partition coefficient (Wildman–Crippen LogP) is 3.58. The Morgan fingerprint density at radius 2 is 1.96 bits per heavy atom. The Balaban J connectivity index is 1.59. The molecule has 6 heteroatoms. The van der Waals surface area contributed by atoms with Gasteiger partial charge in [-0.2, -0.15) is 0 Å². The number of carbonyl (C=O) groups excluding carboxylic acids is 2. The Hall–Kier alpha value is -2.34. The first-order chi connectivity index (χ1) is 13.1. The summed E-state index contributed by atoms with van der Waals surface area (Å²) in [6.45, 7) is 0. The van der Waals surface area contributed by atoms with Gasteiger partial charge in [-0.1, -0.05) is 31.4 Å². The minimum atomic E-state index is -0.420. The molecule has 0 aliphatic heterocycles. The van der Waals surface area contributed by atoms with Gasteiger partial charge < -0.3 is 11.1 Å². The number of nitrogens with one attached hydrogen (secondary N) is 1. The summed E-state index contributed by atoms with van der Waals surface area (Å²) in [5, 5.41) is 3.91. The highest BCUT2D eigenvalue weighted by Crippen LogP contribution is 2.23. The van der Waals surface area contributed by atoms with Gasteiger partial charge in [-0.05, 0) is 49.1 Å². The second-order valence-electron chi connectivity index (χ2n) is 6.83. The molecule has 2 amide bonds. The molecule has 0 unspecified atom stereocenters. The van der Waals surface area contributed by atoms with Crippen molar-refractivity contribution in [2.75, 3.05) is 5.75 Å². The molecule has 1 aromatic heterocycles. The second kappa shape index (κ2) is 9.55. The van der Waals surface area contributed by atoms with E-state index in [1.54, 1.807) is 30.1 Å². The van der Waals surface area contributed by atoms with Gasteiger partial charge in [0.15, 0.2) is 0 Å². The Bertz CT molecular complexity index is 804. The average Bonchev–Trinajstić information content (AvgIpc) is 2.69. The number of rotatable bonds is 7. The summed E-state index contributed by atoms with van der Waals surface area (Å²) in [7, 11) is 0. The van der Waals surface area contributed by atoms with Crippen molar-refractivity contribution in [1.82, 2.24) is 10.3 Å².